The number of nitrogens with zero attached hydrogens (tertiary/aromatic N) is 2. The molecule has 1 heterocycles. The van der Waals surface area contributed by atoms with Gasteiger partial charge in [-0.3, -0.25) is 4.68 Å². The van der Waals surface area contributed by atoms with Gasteiger partial charge in [0, 0.05) is 32.1 Å². The molecule has 19 heavy (non-hydrogen) atoms. The molecule has 0 aliphatic heterocycles. The number of aryl methyl sites for hydroxylation is 1. The maximum atomic E-state index is 9.58. The summed E-state index contributed by atoms with van der Waals surface area (Å²) >= 11 is 0. The molecular formula is C14H21N3O2. The number of benzene rings is 1. The van der Waals surface area contributed by atoms with Crippen LogP contribution in [0.5, 0.6) is 0 Å². The smallest absolute Gasteiger partial charge is 0.0897 e. The van der Waals surface area contributed by atoms with Gasteiger partial charge in [-0.15, -0.1) is 0 Å². The third-order valence-electron chi connectivity index (χ3n) is 3.07. The van der Waals surface area contributed by atoms with Crippen molar-refractivity contribution in [1.29, 1.82) is 0 Å². The van der Waals surface area contributed by atoms with Crippen LogP contribution in [0, 0.1) is 0 Å². The average Bonchev–Trinajstić information content (AvgIpc) is 2.78. The van der Waals surface area contributed by atoms with E-state index >= 15 is 0 Å². The van der Waals surface area contributed by atoms with E-state index in [1.54, 1.807) is 7.11 Å². The van der Waals surface area contributed by atoms with Crippen molar-refractivity contribution >= 4 is 10.9 Å². The van der Waals surface area contributed by atoms with Gasteiger partial charge in [-0.2, -0.15) is 5.10 Å². The molecule has 0 saturated heterocycles. The number of aromatic nitrogens is 2. The Morgan fingerprint density at radius 3 is 2.95 bits per heavy atom. The van der Waals surface area contributed by atoms with Crippen LogP contribution in [0.4, 0.5) is 0 Å². The van der Waals surface area contributed by atoms with Crippen molar-refractivity contribution in [2.24, 2.45) is 0 Å². The number of ether oxygens (including phenoxy) is 1. The van der Waals surface area contributed by atoms with E-state index in [2.05, 4.69) is 29.5 Å². The number of fused-ring (bicyclic) bond motifs is 1. The Morgan fingerprint density at radius 1 is 1.42 bits per heavy atom. The lowest BCUT2D eigenvalue weighted by atomic mass is 10.2. The molecule has 2 N–H and O–H groups in total. The van der Waals surface area contributed by atoms with Crippen LogP contribution in [-0.4, -0.2) is 41.3 Å². The van der Waals surface area contributed by atoms with Crippen LogP contribution >= 0.6 is 0 Å². The molecule has 0 radical (unpaired) electrons. The zero-order chi connectivity index (χ0) is 13.7. The predicted octanol–water partition coefficient (Wildman–Crippen LogP) is 1.15. The van der Waals surface area contributed by atoms with Crippen molar-refractivity contribution in [3.63, 3.8) is 0 Å². The van der Waals surface area contributed by atoms with Crippen LogP contribution < -0.4 is 5.32 Å². The second-order valence-electron chi connectivity index (χ2n) is 4.52. The van der Waals surface area contributed by atoms with E-state index < -0.39 is 6.10 Å². The standard InChI is InChI=1S/C14H21N3O2/c1-3-17-14-7-5-4-6-12(14)13(16-17)9-15-8-11(18)10-19-2/h4-7,11,15,18H,3,8-10H2,1-2H3. The number of hydrogen-bond donors (Lipinski definition) is 2. The van der Waals surface area contributed by atoms with Gasteiger partial charge < -0.3 is 15.2 Å². The van der Waals surface area contributed by atoms with Crippen LogP contribution in [0.3, 0.4) is 0 Å². The van der Waals surface area contributed by atoms with Crippen molar-refractivity contribution in [2.75, 3.05) is 20.3 Å². The molecule has 2 rings (SSSR count). The Balaban J connectivity index is 2.04. The summed E-state index contributed by atoms with van der Waals surface area (Å²) in [6.07, 6.45) is -0.482. The largest absolute Gasteiger partial charge is 0.389 e. The number of aliphatic hydroxyl groups excluding tert-OH is 1. The van der Waals surface area contributed by atoms with Gasteiger partial charge in [-0.05, 0) is 13.0 Å². The molecule has 1 aromatic heterocycles. The summed E-state index contributed by atoms with van der Waals surface area (Å²) in [5.74, 6) is 0. The van der Waals surface area contributed by atoms with E-state index in [1.807, 2.05) is 16.8 Å². The Labute approximate surface area is 113 Å². The third kappa shape index (κ3) is 3.32. The average molecular weight is 263 g/mol. The zero-order valence-electron chi connectivity index (χ0n) is 11.5. The molecule has 0 amide bonds. The number of aliphatic hydroxyl groups is 1. The molecule has 0 fully saturated rings. The fourth-order valence-corrected chi connectivity index (χ4v) is 2.18. The van der Waals surface area contributed by atoms with Gasteiger partial charge in [0.15, 0.2) is 0 Å². The third-order valence-corrected chi connectivity index (χ3v) is 3.07. The molecular weight excluding hydrogens is 242 g/mol. The highest BCUT2D eigenvalue weighted by molar-refractivity contribution is 5.81. The van der Waals surface area contributed by atoms with Gasteiger partial charge >= 0.3 is 0 Å². The molecule has 0 aliphatic rings. The first-order chi connectivity index (χ1) is 9.26. The predicted molar refractivity (Wildman–Crippen MR) is 75.0 cm³/mol. The second-order valence-corrected chi connectivity index (χ2v) is 4.52. The van der Waals surface area contributed by atoms with E-state index in [0.717, 1.165) is 23.1 Å². The molecule has 1 unspecified atom stereocenters. The number of methoxy groups -OCH3 is 1. The molecule has 0 aliphatic carbocycles. The molecule has 104 valence electrons. The first-order valence-corrected chi connectivity index (χ1v) is 6.58. The normalized spacial score (nSPS) is 13.0. The van der Waals surface area contributed by atoms with Crippen molar-refractivity contribution in [3.05, 3.63) is 30.0 Å². The van der Waals surface area contributed by atoms with Crippen molar-refractivity contribution in [2.45, 2.75) is 26.1 Å². The minimum absolute atomic E-state index is 0.344. The fraction of sp³-hybridized carbons (Fsp3) is 0.500. The Hall–Kier alpha value is -1.43. The summed E-state index contributed by atoms with van der Waals surface area (Å²) in [5.41, 5.74) is 2.17. The second kappa shape index (κ2) is 6.65. The van der Waals surface area contributed by atoms with Gasteiger partial charge in [0.05, 0.1) is 23.9 Å². The maximum absolute atomic E-state index is 9.58. The molecule has 1 aromatic carbocycles. The fourth-order valence-electron chi connectivity index (χ4n) is 2.18. The summed E-state index contributed by atoms with van der Waals surface area (Å²) in [7, 11) is 1.58. The van der Waals surface area contributed by atoms with Gasteiger partial charge in [0.1, 0.15) is 0 Å². The Bertz CT molecular complexity index is 524. The first-order valence-electron chi connectivity index (χ1n) is 6.58. The van der Waals surface area contributed by atoms with Crippen molar-refractivity contribution in [1.82, 2.24) is 15.1 Å². The first kappa shape index (κ1) is 14.0. The molecule has 5 heteroatoms. The number of rotatable bonds is 7. The topological polar surface area (TPSA) is 59.3 Å². The molecule has 2 aromatic rings. The maximum Gasteiger partial charge on any atom is 0.0897 e. The van der Waals surface area contributed by atoms with Crippen LogP contribution in [0.2, 0.25) is 0 Å². The van der Waals surface area contributed by atoms with Gasteiger partial charge in [0.2, 0.25) is 0 Å². The van der Waals surface area contributed by atoms with E-state index in [1.165, 1.54) is 0 Å². The molecule has 1 atom stereocenters. The number of nitrogens with one attached hydrogen (secondary N) is 1. The van der Waals surface area contributed by atoms with Crippen LogP contribution in [-0.2, 0) is 17.8 Å². The lowest BCUT2D eigenvalue weighted by Gasteiger charge is -2.09. The lowest BCUT2D eigenvalue weighted by Crippen LogP contribution is -2.29. The van der Waals surface area contributed by atoms with Crippen molar-refractivity contribution < 1.29 is 9.84 Å². The summed E-state index contributed by atoms with van der Waals surface area (Å²) in [6, 6.07) is 8.20. The summed E-state index contributed by atoms with van der Waals surface area (Å²) in [4.78, 5) is 0. The minimum atomic E-state index is -0.482. The number of hydrogen-bond acceptors (Lipinski definition) is 4. The summed E-state index contributed by atoms with van der Waals surface area (Å²) in [6.45, 7) is 4.43. The van der Waals surface area contributed by atoms with Crippen LogP contribution in [0.15, 0.2) is 24.3 Å². The Morgan fingerprint density at radius 2 is 2.21 bits per heavy atom. The van der Waals surface area contributed by atoms with E-state index in [0.29, 0.717) is 19.7 Å². The minimum Gasteiger partial charge on any atom is -0.389 e. The van der Waals surface area contributed by atoms with E-state index in [9.17, 15) is 5.11 Å². The summed E-state index contributed by atoms with van der Waals surface area (Å²) in [5, 5.41) is 18.5. The van der Waals surface area contributed by atoms with Crippen molar-refractivity contribution in [3.8, 4) is 0 Å². The highest BCUT2D eigenvalue weighted by Gasteiger charge is 2.09. The van der Waals surface area contributed by atoms with Gasteiger partial charge in [-0.1, -0.05) is 18.2 Å². The number of para-hydroxylation sites is 1. The Kier molecular flexibility index (Phi) is 4.90. The molecule has 0 spiro atoms. The zero-order valence-corrected chi connectivity index (χ0v) is 11.5. The lowest BCUT2D eigenvalue weighted by molar-refractivity contribution is 0.0643. The van der Waals surface area contributed by atoms with Gasteiger partial charge in [0.25, 0.3) is 0 Å². The summed E-state index contributed by atoms with van der Waals surface area (Å²) < 4.78 is 6.89. The van der Waals surface area contributed by atoms with E-state index in [-0.39, 0.29) is 0 Å². The van der Waals surface area contributed by atoms with Crippen LogP contribution in [0.1, 0.15) is 12.6 Å². The molecule has 0 saturated carbocycles. The quantitative estimate of drug-likeness (QED) is 0.787. The van der Waals surface area contributed by atoms with Crippen LogP contribution in [0.25, 0.3) is 10.9 Å². The monoisotopic (exact) mass is 263 g/mol. The highest BCUT2D eigenvalue weighted by atomic mass is 16.5. The van der Waals surface area contributed by atoms with E-state index in [4.69, 9.17) is 4.74 Å². The SMILES string of the molecule is CCn1nc(CNCC(O)COC)c2ccccc21. The molecule has 0 bridgehead atoms. The van der Waals surface area contributed by atoms with Gasteiger partial charge in [-0.25, -0.2) is 0 Å². The highest BCUT2D eigenvalue weighted by Crippen LogP contribution is 2.18. The molecule has 5 nitrogen and oxygen atoms in total.